The Morgan fingerprint density at radius 1 is 0.923 bits per heavy atom. The van der Waals surface area contributed by atoms with Crippen LogP contribution in [0.4, 0.5) is 0 Å². The van der Waals surface area contributed by atoms with Crippen LogP contribution in [0.3, 0.4) is 0 Å². The molecule has 0 nitrogen and oxygen atoms in total. The van der Waals surface area contributed by atoms with Gasteiger partial charge in [0.2, 0.25) is 0 Å². The molecule has 0 heterocycles. The summed E-state index contributed by atoms with van der Waals surface area (Å²) in [6.45, 7) is 6.89. The molecule has 0 aromatic heterocycles. The van der Waals surface area contributed by atoms with Crippen LogP contribution in [0.1, 0.15) is 52.9 Å². The molecule has 0 unspecified atom stereocenters. The lowest BCUT2D eigenvalue weighted by Gasteiger charge is -2.19. The van der Waals surface area contributed by atoms with Gasteiger partial charge in [-0.15, -0.1) is 0 Å². The predicted molar refractivity (Wildman–Crippen MR) is 57.4 cm³/mol. The molecular weight excluding hydrogens is 156 g/mol. The molecule has 0 bridgehead atoms. The highest BCUT2D eigenvalue weighted by Gasteiger charge is 2.29. The molecule has 1 radical (unpaired) electrons. The van der Waals surface area contributed by atoms with Crippen LogP contribution in [0.5, 0.6) is 0 Å². The van der Waals surface area contributed by atoms with Crippen LogP contribution in [0.15, 0.2) is 22.3 Å². The topological polar surface area (TPSA) is 0 Å². The van der Waals surface area contributed by atoms with E-state index in [-0.39, 0.29) is 0 Å². The summed E-state index contributed by atoms with van der Waals surface area (Å²) in [7, 11) is 0. The first-order chi connectivity index (χ1) is 6.25. The Kier molecular flexibility index (Phi) is 2.31. The maximum absolute atomic E-state index is 2.30. The van der Waals surface area contributed by atoms with Crippen molar-refractivity contribution in [2.24, 2.45) is 0 Å². The van der Waals surface area contributed by atoms with E-state index in [4.69, 9.17) is 0 Å². The molecular formula is C13H19. The normalized spacial score (nSPS) is 24.2. The minimum atomic E-state index is 1.22. The van der Waals surface area contributed by atoms with E-state index in [1.54, 1.807) is 28.2 Å². The van der Waals surface area contributed by atoms with E-state index < -0.39 is 0 Å². The van der Waals surface area contributed by atoms with Gasteiger partial charge in [0, 0.05) is 5.92 Å². The highest BCUT2D eigenvalue weighted by Crippen LogP contribution is 2.46. The summed E-state index contributed by atoms with van der Waals surface area (Å²) in [5.41, 5.74) is 6.57. The van der Waals surface area contributed by atoms with E-state index in [0.29, 0.717) is 0 Å². The Balaban J connectivity index is 2.37. The van der Waals surface area contributed by atoms with Crippen molar-refractivity contribution in [3.63, 3.8) is 0 Å². The second-order valence-corrected chi connectivity index (χ2v) is 4.25. The van der Waals surface area contributed by atoms with Gasteiger partial charge in [-0.25, -0.2) is 0 Å². The number of hydrogen-bond donors (Lipinski definition) is 0. The van der Waals surface area contributed by atoms with Crippen LogP contribution in [0.25, 0.3) is 0 Å². The Morgan fingerprint density at radius 3 is 2.15 bits per heavy atom. The lowest BCUT2D eigenvalue weighted by Crippen LogP contribution is -2.02. The van der Waals surface area contributed by atoms with Crippen molar-refractivity contribution in [2.75, 3.05) is 0 Å². The number of hydrogen-bond acceptors (Lipinski definition) is 0. The van der Waals surface area contributed by atoms with Gasteiger partial charge in [-0.05, 0) is 57.1 Å². The van der Waals surface area contributed by atoms with E-state index in [1.807, 2.05) is 0 Å². The van der Waals surface area contributed by atoms with Gasteiger partial charge in [0.1, 0.15) is 0 Å². The van der Waals surface area contributed by atoms with Crippen molar-refractivity contribution in [1.29, 1.82) is 0 Å². The molecule has 0 saturated heterocycles. The van der Waals surface area contributed by atoms with E-state index in [0.717, 1.165) is 0 Å². The van der Waals surface area contributed by atoms with Crippen LogP contribution in [0, 0.1) is 5.92 Å². The molecule has 0 aromatic carbocycles. The highest BCUT2D eigenvalue weighted by atomic mass is 14.3. The van der Waals surface area contributed by atoms with E-state index in [2.05, 4.69) is 20.8 Å². The molecule has 0 atom stereocenters. The van der Waals surface area contributed by atoms with Crippen molar-refractivity contribution in [3.05, 3.63) is 28.2 Å². The maximum atomic E-state index is 2.30. The Bertz CT molecular complexity index is 278. The SMILES string of the molecule is CC[C]1C(C)=C(C)C2=C1CCCC2. The molecule has 13 heavy (non-hydrogen) atoms. The van der Waals surface area contributed by atoms with Gasteiger partial charge in [0.05, 0.1) is 0 Å². The van der Waals surface area contributed by atoms with Crippen molar-refractivity contribution in [1.82, 2.24) is 0 Å². The van der Waals surface area contributed by atoms with Crippen molar-refractivity contribution >= 4 is 0 Å². The average molecular weight is 175 g/mol. The van der Waals surface area contributed by atoms with Crippen molar-refractivity contribution in [2.45, 2.75) is 52.9 Å². The second kappa shape index (κ2) is 3.32. The summed E-state index contributed by atoms with van der Waals surface area (Å²) < 4.78 is 0. The first-order valence-electron chi connectivity index (χ1n) is 5.52. The Hall–Kier alpha value is -0.520. The third-order valence-corrected chi connectivity index (χ3v) is 3.65. The molecule has 0 N–H and O–H groups in total. The Labute approximate surface area is 81.7 Å². The summed E-state index contributed by atoms with van der Waals surface area (Å²) in [5.74, 6) is 1.66. The summed E-state index contributed by atoms with van der Waals surface area (Å²) in [6.07, 6.45) is 6.71. The standard InChI is InChI=1S/C13H19/c1-4-11-9(2)10(3)12-7-5-6-8-13(11)12/h4-8H2,1-3H3. The number of allylic oxidation sites excluding steroid dienone is 4. The van der Waals surface area contributed by atoms with Crippen LogP contribution >= 0.6 is 0 Å². The summed E-state index contributed by atoms with van der Waals surface area (Å²) in [5, 5.41) is 0. The highest BCUT2D eigenvalue weighted by molar-refractivity contribution is 5.59. The zero-order valence-corrected chi connectivity index (χ0v) is 9.04. The summed E-state index contributed by atoms with van der Waals surface area (Å²) in [6, 6.07) is 0. The predicted octanol–water partition coefficient (Wildman–Crippen LogP) is 4.19. The molecule has 0 fully saturated rings. The van der Waals surface area contributed by atoms with Gasteiger partial charge in [0.25, 0.3) is 0 Å². The van der Waals surface area contributed by atoms with Gasteiger partial charge in [-0.1, -0.05) is 18.1 Å². The molecule has 0 spiro atoms. The van der Waals surface area contributed by atoms with Gasteiger partial charge >= 0.3 is 0 Å². The lowest BCUT2D eigenvalue weighted by atomic mass is 9.85. The second-order valence-electron chi connectivity index (χ2n) is 4.25. The third kappa shape index (κ3) is 1.27. The van der Waals surface area contributed by atoms with Crippen LogP contribution in [-0.4, -0.2) is 0 Å². The first-order valence-corrected chi connectivity index (χ1v) is 5.52. The van der Waals surface area contributed by atoms with Crippen molar-refractivity contribution < 1.29 is 0 Å². The van der Waals surface area contributed by atoms with E-state index in [9.17, 15) is 0 Å². The largest absolute Gasteiger partial charge is 0.0642 e. The fourth-order valence-corrected chi connectivity index (χ4v) is 2.81. The quantitative estimate of drug-likeness (QED) is 0.560. The monoisotopic (exact) mass is 175 g/mol. The molecule has 0 amide bonds. The van der Waals surface area contributed by atoms with E-state index in [1.165, 1.54) is 32.1 Å². The van der Waals surface area contributed by atoms with Crippen LogP contribution < -0.4 is 0 Å². The van der Waals surface area contributed by atoms with E-state index >= 15 is 0 Å². The minimum absolute atomic E-state index is 1.22. The molecule has 71 valence electrons. The molecule has 0 aromatic rings. The van der Waals surface area contributed by atoms with Crippen LogP contribution in [-0.2, 0) is 0 Å². The maximum Gasteiger partial charge on any atom is 0.0258 e. The average Bonchev–Trinajstić information content (AvgIpc) is 2.41. The molecule has 2 aliphatic carbocycles. The molecule has 0 saturated carbocycles. The minimum Gasteiger partial charge on any atom is -0.0642 e. The van der Waals surface area contributed by atoms with Gasteiger partial charge < -0.3 is 0 Å². The number of rotatable bonds is 1. The molecule has 2 aliphatic rings. The summed E-state index contributed by atoms with van der Waals surface area (Å²) >= 11 is 0. The zero-order chi connectivity index (χ0) is 9.42. The first kappa shape index (κ1) is 9.05. The molecule has 0 aliphatic heterocycles. The molecule has 0 heteroatoms. The Morgan fingerprint density at radius 2 is 1.54 bits per heavy atom. The van der Waals surface area contributed by atoms with Gasteiger partial charge in [0.15, 0.2) is 0 Å². The van der Waals surface area contributed by atoms with Crippen molar-refractivity contribution in [3.8, 4) is 0 Å². The smallest absolute Gasteiger partial charge is 0.0258 e. The third-order valence-electron chi connectivity index (χ3n) is 3.65. The fourth-order valence-electron chi connectivity index (χ4n) is 2.81. The summed E-state index contributed by atoms with van der Waals surface area (Å²) in [4.78, 5) is 0. The lowest BCUT2D eigenvalue weighted by molar-refractivity contribution is 0.675. The zero-order valence-electron chi connectivity index (χ0n) is 9.04. The molecule has 2 rings (SSSR count). The van der Waals surface area contributed by atoms with Crippen LogP contribution in [0.2, 0.25) is 0 Å². The fraction of sp³-hybridized carbons (Fsp3) is 0.615. The van der Waals surface area contributed by atoms with Gasteiger partial charge in [-0.2, -0.15) is 0 Å². The van der Waals surface area contributed by atoms with Gasteiger partial charge in [-0.3, -0.25) is 0 Å².